The molecule has 2 aromatic heterocycles. The molecule has 0 radical (unpaired) electrons. The Kier molecular flexibility index (Phi) is 8.39. The van der Waals surface area contributed by atoms with Gasteiger partial charge in [-0.2, -0.15) is 0 Å². The number of benzene rings is 10. The molecular formula is C58H38N2S. The summed E-state index contributed by atoms with van der Waals surface area (Å²) in [6.07, 6.45) is 0. The van der Waals surface area contributed by atoms with Crippen LogP contribution in [-0.4, -0.2) is 4.57 Å². The van der Waals surface area contributed by atoms with Crippen LogP contribution in [0.25, 0.3) is 91.8 Å². The number of nitrogens with zero attached hydrogens (tertiary/aromatic N) is 2. The van der Waals surface area contributed by atoms with E-state index in [4.69, 9.17) is 0 Å². The van der Waals surface area contributed by atoms with E-state index in [-0.39, 0.29) is 0 Å². The molecule has 0 atom stereocenters. The van der Waals surface area contributed by atoms with Crippen molar-refractivity contribution in [1.29, 1.82) is 0 Å². The van der Waals surface area contributed by atoms with E-state index in [2.05, 4.69) is 240 Å². The van der Waals surface area contributed by atoms with Gasteiger partial charge in [-0.05, 0) is 106 Å². The number of hydrogen-bond donors (Lipinski definition) is 0. The second-order valence-electron chi connectivity index (χ2n) is 15.7. The zero-order valence-corrected chi connectivity index (χ0v) is 34.1. The molecule has 12 aromatic rings. The van der Waals surface area contributed by atoms with Gasteiger partial charge in [0.2, 0.25) is 0 Å². The van der Waals surface area contributed by atoms with Crippen molar-refractivity contribution in [1.82, 2.24) is 4.57 Å². The Hall–Kier alpha value is -7.72. The highest BCUT2D eigenvalue weighted by Gasteiger charge is 2.20. The molecular weight excluding hydrogens is 757 g/mol. The molecule has 0 saturated carbocycles. The van der Waals surface area contributed by atoms with E-state index in [1.807, 2.05) is 11.3 Å². The summed E-state index contributed by atoms with van der Waals surface area (Å²) in [6, 6.07) is 84.2. The molecule has 0 N–H and O–H groups in total. The average molecular weight is 795 g/mol. The van der Waals surface area contributed by atoms with Crippen molar-refractivity contribution in [3.8, 4) is 39.1 Å². The fraction of sp³-hybridized carbons (Fsp3) is 0. The van der Waals surface area contributed by atoms with Crippen LogP contribution in [0, 0.1) is 0 Å². The number of fused-ring (bicyclic) bond motifs is 7. The minimum Gasteiger partial charge on any atom is -0.310 e. The molecule has 0 unspecified atom stereocenters. The number of anilines is 3. The first kappa shape index (κ1) is 35.2. The van der Waals surface area contributed by atoms with E-state index in [1.165, 1.54) is 80.6 Å². The summed E-state index contributed by atoms with van der Waals surface area (Å²) >= 11 is 1.86. The van der Waals surface area contributed by atoms with Crippen molar-refractivity contribution in [2.24, 2.45) is 0 Å². The Bertz CT molecular complexity index is 3540. The molecule has 0 saturated heterocycles. The van der Waals surface area contributed by atoms with Crippen LogP contribution in [0.4, 0.5) is 17.1 Å². The SMILES string of the molecule is c1ccc(N(c2ccc(-c3ccc4ccccc4c3)cc2)c2ccc(-c3ccccc3-n3c4ccccc4c4ccccc43)cc2)c(-c2ccc3sc4ccccc4c3c2)c1. The quantitative estimate of drug-likeness (QED) is 0.156. The zero-order chi connectivity index (χ0) is 40.3. The Morgan fingerprint density at radius 3 is 1.62 bits per heavy atom. The van der Waals surface area contributed by atoms with Gasteiger partial charge in [0.1, 0.15) is 0 Å². The van der Waals surface area contributed by atoms with Crippen LogP contribution in [0.3, 0.4) is 0 Å². The maximum absolute atomic E-state index is 2.42. The molecule has 0 spiro atoms. The second-order valence-corrected chi connectivity index (χ2v) is 16.8. The first-order valence-electron chi connectivity index (χ1n) is 20.8. The third-order valence-electron chi connectivity index (χ3n) is 12.2. The van der Waals surface area contributed by atoms with Crippen LogP contribution >= 0.6 is 11.3 Å². The van der Waals surface area contributed by atoms with Gasteiger partial charge >= 0.3 is 0 Å². The van der Waals surface area contributed by atoms with Gasteiger partial charge in [0.25, 0.3) is 0 Å². The first-order chi connectivity index (χ1) is 30.2. The predicted molar refractivity (Wildman–Crippen MR) is 262 cm³/mol. The molecule has 61 heavy (non-hydrogen) atoms. The summed E-state index contributed by atoms with van der Waals surface area (Å²) in [7, 11) is 0. The summed E-state index contributed by atoms with van der Waals surface area (Å²) in [6.45, 7) is 0. The summed E-state index contributed by atoms with van der Waals surface area (Å²) in [5, 5.41) is 7.62. The topological polar surface area (TPSA) is 8.17 Å². The Labute approximate surface area is 358 Å². The molecule has 0 aliphatic rings. The van der Waals surface area contributed by atoms with Crippen molar-refractivity contribution in [2.45, 2.75) is 0 Å². The maximum atomic E-state index is 2.42. The van der Waals surface area contributed by atoms with Gasteiger partial charge in [0.15, 0.2) is 0 Å². The molecule has 0 aliphatic carbocycles. The lowest BCUT2D eigenvalue weighted by molar-refractivity contribution is 1.18. The van der Waals surface area contributed by atoms with E-state index in [0.717, 1.165) is 28.3 Å². The molecule has 3 heteroatoms. The van der Waals surface area contributed by atoms with Crippen LogP contribution in [-0.2, 0) is 0 Å². The van der Waals surface area contributed by atoms with E-state index >= 15 is 0 Å². The Morgan fingerprint density at radius 2 is 0.869 bits per heavy atom. The van der Waals surface area contributed by atoms with Gasteiger partial charge in [0, 0.05) is 53.4 Å². The van der Waals surface area contributed by atoms with E-state index < -0.39 is 0 Å². The molecule has 0 aliphatic heterocycles. The van der Waals surface area contributed by atoms with Gasteiger partial charge in [-0.1, -0.05) is 158 Å². The molecule has 2 heterocycles. The van der Waals surface area contributed by atoms with Crippen molar-refractivity contribution < 1.29 is 0 Å². The first-order valence-corrected chi connectivity index (χ1v) is 21.6. The molecule has 12 rings (SSSR count). The van der Waals surface area contributed by atoms with E-state index in [0.29, 0.717) is 0 Å². The van der Waals surface area contributed by atoms with Gasteiger partial charge in [-0.25, -0.2) is 0 Å². The van der Waals surface area contributed by atoms with Crippen molar-refractivity contribution in [2.75, 3.05) is 4.90 Å². The number of thiophene rings is 1. The Balaban J connectivity index is 0.995. The van der Waals surface area contributed by atoms with Crippen molar-refractivity contribution >= 4 is 81.1 Å². The van der Waals surface area contributed by atoms with Crippen LogP contribution < -0.4 is 4.90 Å². The second kappa shape index (κ2) is 14.5. The molecule has 10 aromatic carbocycles. The van der Waals surface area contributed by atoms with Gasteiger partial charge < -0.3 is 9.47 Å². The van der Waals surface area contributed by atoms with Crippen LogP contribution in [0.5, 0.6) is 0 Å². The minimum absolute atomic E-state index is 1.09. The van der Waals surface area contributed by atoms with E-state index in [1.54, 1.807) is 0 Å². The largest absolute Gasteiger partial charge is 0.310 e. The number of hydrogen-bond acceptors (Lipinski definition) is 2. The summed E-state index contributed by atoms with van der Waals surface area (Å²) < 4.78 is 5.04. The highest BCUT2D eigenvalue weighted by atomic mass is 32.1. The van der Waals surface area contributed by atoms with Gasteiger partial charge in [-0.15, -0.1) is 11.3 Å². The summed E-state index contributed by atoms with van der Waals surface area (Å²) in [5.74, 6) is 0. The molecule has 286 valence electrons. The smallest absolute Gasteiger partial charge is 0.0541 e. The highest BCUT2D eigenvalue weighted by molar-refractivity contribution is 7.25. The van der Waals surface area contributed by atoms with Crippen molar-refractivity contribution in [3.63, 3.8) is 0 Å². The maximum Gasteiger partial charge on any atom is 0.0541 e. The standard InChI is InChI=1S/C58H38N2S/c1-2-14-42-37-43(26-25-39(42)13-1)40-27-32-45(33-28-40)59(53-20-8-4-16-48(53)44-31-36-58-52(38-44)51-19-7-12-24-57(51)61-58)46-34-29-41(30-35-46)47-15-3-9-21-54(47)60-55-22-10-5-17-49(55)50-18-6-11-23-56(50)60/h1-38H. The van der Waals surface area contributed by atoms with Crippen LogP contribution in [0.15, 0.2) is 231 Å². The lowest BCUT2D eigenvalue weighted by Crippen LogP contribution is -2.11. The summed E-state index contributed by atoms with van der Waals surface area (Å²) in [4.78, 5) is 2.41. The molecule has 0 amide bonds. The van der Waals surface area contributed by atoms with Gasteiger partial charge in [0.05, 0.1) is 22.4 Å². The van der Waals surface area contributed by atoms with Crippen LogP contribution in [0.1, 0.15) is 0 Å². The van der Waals surface area contributed by atoms with Crippen molar-refractivity contribution in [3.05, 3.63) is 231 Å². The normalized spacial score (nSPS) is 11.6. The number of aromatic nitrogens is 1. The zero-order valence-electron chi connectivity index (χ0n) is 33.2. The fourth-order valence-corrected chi connectivity index (χ4v) is 10.4. The number of rotatable bonds is 7. The average Bonchev–Trinajstić information content (AvgIpc) is 3.88. The molecule has 2 nitrogen and oxygen atoms in total. The monoisotopic (exact) mass is 794 g/mol. The van der Waals surface area contributed by atoms with E-state index in [9.17, 15) is 0 Å². The Morgan fingerprint density at radius 1 is 0.328 bits per heavy atom. The fourth-order valence-electron chi connectivity index (χ4n) is 9.29. The molecule has 0 bridgehead atoms. The minimum atomic E-state index is 1.09. The lowest BCUT2D eigenvalue weighted by atomic mass is 9.98. The summed E-state index contributed by atoms with van der Waals surface area (Å²) in [5.41, 5.74) is 14.0. The third-order valence-corrected chi connectivity index (χ3v) is 13.4. The molecule has 0 fully saturated rings. The third kappa shape index (κ3) is 6.01. The highest BCUT2D eigenvalue weighted by Crippen LogP contribution is 2.44. The van der Waals surface area contributed by atoms with Gasteiger partial charge in [-0.3, -0.25) is 0 Å². The lowest BCUT2D eigenvalue weighted by Gasteiger charge is -2.28. The predicted octanol–water partition coefficient (Wildman–Crippen LogP) is 16.8. The number of para-hydroxylation sites is 4. The van der Waals surface area contributed by atoms with Crippen LogP contribution in [0.2, 0.25) is 0 Å².